The van der Waals surface area contributed by atoms with Crippen LogP contribution in [-0.2, 0) is 14.3 Å². The molecule has 0 aromatic heterocycles. The van der Waals surface area contributed by atoms with E-state index < -0.39 is 12.0 Å². The third kappa shape index (κ3) is 17.5. The maximum atomic E-state index is 10.3. The lowest BCUT2D eigenvalue weighted by Gasteiger charge is -2.08. The number of ether oxygens (including phenoxy) is 2. The SMILES string of the molecule is C.CC[C@@H](N=[N+]=[N-])c1ccccc1.C[C@@H](CN=[N+]=[N-])c1ccccc1.[NH3+][C@H](C(=O)[O-])c1ccccc1.c1ccc(C2CO2)cc1.c1ccc([C@@H]2CO2)cc1. The number of hydrogen-bond acceptors (Lipinski definition) is 6. The normalized spacial score (nSPS) is 15.7. The first-order chi connectivity index (χ1) is 25.9. The summed E-state index contributed by atoms with van der Waals surface area (Å²) in [6.07, 6.45) is 1.66. The fraction of sp³-hybridized carbons (Fsp3) is 0.279. The average Bonchev–Trinajstić information content (AvgIpc) is 4.16. The van der Waals surface area contributed by atoms with Crippen LogP contribution < -0.4 is 10.8 Å². The quantitative estimate of drug-likeness (QED) is 0.0648. The van der Waals surface area contributed by atoms with Gasteiger partial charge >= 0.3 is 0 Å². The third-order valence-electron chi connectivity index (χ3n) is 8.05. The van der Waals surface area contributed by atoms with Crippen LogP contribution in [0.2, 0.25) is 0 Å². The van der Waals surface area contributed by atoms with Crippen LogP contribution in [0.25, 0.3) is 20.9 Å². The molecule has 5 aromatic rings. The maximum absolute atomic E-state index is 10.3. The van der Waals surface area contributed by atoms with E-state index in [0.717, 1.165) is 25.2 Å². The Bertz CT molecular complexity index is 1770. The van der Waals surface area contributed by atoms with E-state index in [2.05, 4.69) is 50.1 Å². The molecule has 282 valence electrons. The van der Waals surface area contributed by atoms with Crippen LogP contribution in [0, 0.1) is 0 Å². The van der Waals surface area contributed by atoms with Crippen LogP contribution in [0.15, 0.2) is 162 Å². The van der Waals surface area contributed by atoms with Crippen molar-refractivity contribution in [1.82, 2.24) is 0 Å². The minimum atomic E-state index is -1.14. The Kier molecular flexibility index (Phi) is 21.2. The van der Waals surface area contributed by atoms with Crippen molar-refractivity contribution >= 4 is 5.97 Å². The van der Waals surface area contributed by atoms with E-state index in [1.54, 1.807) is 24.3 Å². The summed E-state index contributed by atoms with van der Waals surface area (Å²) < 4.78 is 10.2. The van der Waals surface area contributed by atoms with Crippen molar-refractivity contribution < 1.29 is 25.1 Å². The standard InChI is InChI=1S/2C9H11N3.C8H9NO2.2C8H8O.CH4/c1-8(7-11-12-10)9-5-3-2-4-6-9;1-2-9(11-12-10)8-6-4-3-5-7-8;9-7(8(10)11)6-4-2-1-3-5-6;2*1-2-4-7(5-3-1)8-6-9-8;/h2-6,8H,7H2,1H3;3-7,9H,2H2,1H3;1-5,7H,9H2,(H,10,11);2*1-5,8H,6H2;1H4/t8-;9-;7-;8-;;/m0100../s1. The minimum Gasteiger partial charge on any atom is -0.544 e. The molecule has 54 heavy (non-hydrogen) atoms. The molecule has 0 aliphatic carbocycles. The number of nitrogens with zero attached hydrogens (tertiary/aromatic N) is 6. The van der Waals surface area contributed by atoms with Crippen LogP contribution in [0.4, 0.5) is 0 Å². The number of benzene rings is 5. The van der Waals surface area contributed by atoms with Crippen molar-refractivity contribution in [2.24, 2.45) is 10.2 Å². The zero-order valence-corrected chi connectivity index (χ0v) is 30.2. The van der Waals surface area contributed by atoms with Crippen molar-refractivity contribution in [2.75, 3.05) is 19.8 Å². The molecule has 2 aliphatic heterocycles. The van der Waals surface area contributed by atoms with Gasteiger partial charge in [0.15, 0.2) is 6.04 Å². The molecule has 2 aliphatic rings. The summed E-state index contributed by atoms with van der Waals surface area (Å²) in [7, 11) is 0. The number of carboxylic acids is 1. The molecule has 0 amide bonds. The van der Waals surface area contributed by atoms with Gasteiger partial charge in [0.2, 0.25) is 0 Å². The van der Waals surface area contributed by atoms with Crippen molar-refractivity contribution in [3.05, 3.63) is 200 Å². The Hall–Kier alpha value is -5.93. The van der Waals surface area contributed by atoms with Gasteiger partial charge in [-0.05, 0) is 45.7 Å². The van der Waals surface area contributed by atoms with Crippen molar-refractivity contribution in [3.8, 4) is 0 Å². The van der Waals surface area contributed by atoms with E-state index in [9.17, 15) is 9.90 Å². The molecule has 5 atom stereocenters. The number of quaternary nitrogens is 1. The van der Waals surface area contributed by atoms with Gasteiger partial charge in [0.1, 0.15) is 18.2 Å². The molecule has 5 aromatic carbocycles. The van der Waals surface area contributed by atoms with Crippen LogP contribution in [0.1, 0.15) is 85.7 Å². The van der Waals surface area contributed by atoms with Gasteiger partial charge in [-0.3, -0.25) is 0 Å². The molecule has 0 spiro atoms. The summed E-state index contributed by atoms with van der Waals surface area (Å²) in [6, 6.07) is 48.4. The fourth-order valence-electron chi connectivity index (χ4n) is 4.81. The molecular formula is C43H51N7O4. The summed E-state index contributed by atoms with van der Waals surface area (Å²) in [5.41, 5.74) is 25.4. The lowest BCUT2D eigenvalue weighted by molar-refractivity contribution is -0.443. The first kappa shape index (κ1) is 44.2. The van der Waals surface area contributed by atoms with E-state index in [1.165, 1.54) is 16.7 Å². The van der Waals surface area contributed by atoms with Crippen molar-refractivity contribution in [2.45, 2.75) is 57.9 Å². The second kappa shape index (κ2) is 25.9. The number of epoxide rings is 2. The number of rotatable bonds is 10. The van der Waals surface area contributed by atoms with Gasteiger partial charge in [-0.15, -0.1) is 0 Å². The Morgan fingerprint density at radius 2 is 1.07 bits per heavy atom. The number of aliphatic carboxylic acids is 1. The van der Waals surface area contributed by atoms with Gasteiger partial charge in [-0.1, -0.05) is 183 Å². The number of azide groups is 2. The van der Waals surface area contributed by atoms with Gasteiger partial charge in [0, 0.05) is 21.9 Å². The molecule has 3 N–H and O–H groups in total. The topological polar surface area (TPSA) is 190 Å². The lowest BCUT2D eigenvalue weighted by Crippen LogP contribution is -2.60. The second-order valence-corrected chi connectivity index (χ2v) is 12.0. The zero-order chi connectivity index (χ0) is 38.1. The molecule has 1 unspecified atom stereocenters. The molecule has 11 heteroatoms. The second-order valence-electron chi connectivity index (χ2n) is 12.0. The zero-order valence-electron chi connectivity index (χ0n) is 30.2. The molecule has 7 rings (SSSR count). The Morgan fingerprint density at radius 1 is 0.704 bits per heavy atom. The molecular weight excluding hydrogens is 679 g/mol. The highest BCUT2D eigenvalue weighted by Gasteiger charge is 2.24. The van der Waals surface area contributed by atoms with Gasteiger partial charge in [0.05, 0.1) is 19.3 Å². The summed E-state index contributed by atoms with van der Waals surface area (Å²) in [6.45, 7) is 6.39. The predicted octanol–water partition coefficient (Wildman–Crippen LogP) is 9.42. The number of carboxylic acid groups (broad SMARTS) is 1. The molecule has 0 radical (unpaired) electrons. The first-order valence-corrected chi connectivity index (χ1v) is 17.4. The fourth-order valence-corrected chi connectivity index (χ4v) is 4.81. The summed E-state index contributed by atoms with van der Waals surface area (Å²) in [5, 5.41) is 17.5. The number of carbonyl (C=O) groups is 1. The summed E-state index contributed by atoms with van der Waals surface area (Å²) in [5.74, 6) is -0.835. The Labute approximate surface area is 318 Å². The van der Waals surface area contributed by atoms with E-state index in [4.69, 9.17) is 20.5 Å². The van der Waals surface area contributed by atoms with Crippen molar-refractivity contribution in [3.63, 3.8) is 0 Å². The molecule has 2 heterocycles. The summed E-state index contributed by atoms with van der Waals surface area (Å²) >= 11 is 0. The van der Waals surface area contributed by atoms with Crippen LogP contribution in [-0.4, -0.2) is 25.7 Å². The van der Waals surface area contributed by atoms with E-state index in [-0.39, 0.29) is 13.5 Å². The molecule has 2 saturated heterocycles. The molecule has 0 bridgehead atoms. The molecule has 2 fully saturated rings. The largest absolute Gasteiger partial charge is 0.544 e. The van der Waals surface area contributed by atoms with E-state index in [0.29, 0.717) is 30.2 Å². The molecule has 11 nitrogen and oxygen atoms in total. The minimum absolute atomic E-state index is 0. The smallest absolute Gasteiger partial charge is 0.150 e. The van der Waals surface area contributed by atoms with Crippen LogP contribution in [0.5, 0.6) is 0 Å². The number of carbonyl (C=O) groups excluding carboxylic acids is 1. The maximum Gasteiger partial charge on any atom is 0.150 e. The Balaban J connectivity index is 0.000000233. The highest BCUT2D eigenvalue weighted by Crippen LogP contribution is 2.29. The predicted molar refractivity (Wildman–Crippen MR) is 212 cm³/mol. The van der Waals surface area contributed by atoms with E-state index >= 15 is 0 Å². The Morgan fingerprint density at radius 3 is 1.41 bits per heavy atom. The van der Waals surface area contributed by atoms with Crippen LogP contribution >= 0.6 is 0 Å². The van der Waals surface area contributed by atoms with Gasteiger partial charge < -0.3 is 25.1 Å². The number of hydrogen-bond donors (Lipinski definition) is 1. The lowest BCUT2D eigenvalue weighted by atomic mass is 10.0. The first-order valence-electron chi connectivity index (χ1n) is 17.4. The highest BCUT2D eigenvalue weighted by atomic mass is 16.6. The third-order valence-corrected chi connectivity index (χ3v) is 8.05. The monoisotopic (exact) mass is 729 g/mol. The van der Waals surface area contributed by atoms with Crippen LogP contribution in [0.3, 0.4) is 0 Å². The van der Waals surface area contributed by atoms with Gasteiger partial charge in [0.25, 0.3) is 0 Å². The highest BCUT2D eigenvalue weighted by molar-refractivity contribution is 5.71. The average molecular weight is 730 g/mol. The van der Waals surface area contributed by atoms with Gasteiger partial charge in [-0.2, -0.15) is 0 Å². The summed E-state index contributed by atoms with van der Waals surface area (Å²) in [4.78, 5) is 15.9. The van der Waals surface area contributed by atoms with E-state index in [1.807, 2.05) is 117 Å². The molecule has 0 saturated carbocycles. The van der Waals surface area contributed by atoms with Gasteiger partial charge in [-0.25, -0.2) is 0 Å². The van der Waals surface area contributed by atoms with Crippen molar-refractivity contribution in [1.29, 1.82) is 0 Å².